The van der Waals surface area contributed by atoms with Gasteiger partial charge in [0.2, 0.25) is 0 Å². The first kappa shape index (κ1) is 12.8. The summed E-state index contributed by atoms with van der Waals surface area (Å²) in [6.45, 7) is 11.1. The minimum absolute atomic E-state index is 0.361. The second-order valence-electron chi connectivity index (χ2n) is 5.18. The summed E-state index contributed by atoms with van der Waals surface area (Å²) in [6.07, 6.45) is 1.29. The Morgan fingerprint density at radius 3 is 2.94 bits per heavy atom. The van der Waals surface area contributed by atoms with Crippen LogP contribution in [0.4, 0.5) is 5.13 Å². The van der Waals surface area contributed by atoms with Gasteiger partial charge in [-0.2, -0.15) is 0 Å². The summed E-state index contributed by atoms with van der Waals surface area (Å²) in [5, 5.41) is 6.80. The van der Waals surface area contributed by atoms with Gasteiger partial charge in [-0.1, -0.05) is 13.8 Å². The summed E-state index contributed by atoms with van der Waals surface area (Å²) in [5.41, 5.74) is 1.18. The molecule has 0 aromatic carbocycles. The Hall–Kier alpha value is -0.610. The highest BCUT2D eigenvalue weighted by Gasteiger charge is 2.28. The summed E-state index contributed by atoms with van der Waals surface area (Å²) in [6, 6.07) is 0.999. The normalized spacial score (nSPS) is 26.5. The predicted molar refractivity (Wildman–Crippen MR) is 74.8 cm³/mol. The van der Waals surface area contributed by atoms with Crippen LogP contribution >= 0.6 is 11.3 Å². The molecule has 2 heterocycles. The maximum atomic E-state index is 4.78. The Kier molecular flexibility index (Phi) is 4.05. The van der Waals surface area contributed by atoms with Crippen LogP contribution in [0, 0.1) is 5.92 Å². The fourth-order valence-corrected chi connectivity index (χ4v) is 3.62. The van der Waals surface area contributed by atoms with Crippen molar-refractivity contribution < 1.29 is 0 Å². The van der Waals surface area contributed by atoms with Crippen molar-refractivity contribution >= 4 is 16.5 Å². The van der Waals surface area contributed by atoms with Crippen LogP contribution in [0.1, 0.15) is 45.9 Å². The van der Waals surface area contributed by atoms with E-state index in [1.165, 1.54) is 17.2 Å². The minimum Gasteiger partial charge on any atom is -0.345 e. The van der Waals surface area contributed by atoms with Crippen LogP contribution in [-0.4, -0.2) is 24.1 Å². The molecule has 1 aromatic heterocycles. The molecule has 1 aromatic rings. The Morgan fingerprint density at radius 2 is 2.35 bits per heavy atom. The van der Waals surface area contributed by atoms with E-state index in [1.807, 2.05) is 0 Å². The number of rotatable bonds is 4. The molecule has 0 aliphatic carbocycles. The van der Waals surface area contributed by atoms with Gasteiger partial charge in [0.15, 0.2) is 5.13 Å². The van der Waals surface area contributed by atoms with Gasteiger partial charge in [-0.05, 0) is 32.7 Å². The molecule has 1 aliphatic heterocycles. The van der Waals surface area contributed by atoms with Crippen molar-refractivity contribution in [3.8, 4) is 0 Å². The number of aromatic nitrogens is 1. The first-order valence-corrected chi connectivity index (χ1v) is 7.45. The summed E-state index contributed by atoms with van der Waals surface area (Å²) in [5.74, 6) is 0.795. The van der Waals surface area contributed by atoms with E-state index >= 15 is 0 Å². The topological polar surface area (TPSA) is 28.2 Å². The first-order chi connectivity index (χ1) is 8.11. The standard InChI is InChI=1S/C13H23N3S/c1-5-14-11(4)12-8-17-13(15-12)16-7-9(2)6-10(16)3/h8-11,14H,5-7H2,1-4H3. The molecule has 96 valence electrons. The number of nitrogens with one attached hydrogen (secondary N) is 1. The molecule has 3 nitrogen and oxygen atoms in total. The van der Waals surface area contributed by atoms with Crippen molar-refractivity contribution in [3.63, 3.8) is 0 Å². The zero-order chi connectivity index (χ0) is 12.4. The first-order valence-electron chi connectivity index (χ1n) is 6.57. The number of nitrogens with zero attached hydrogens (tertiary/aromatic N) is 2. The average Bonchev–Trinajstić information content (AvgIpc) is 2.85. The lowest BCUT2D eigenvalue weighted by atomic mass is 10.1. The van der Waals surface area contributed by atoms with Gasteiger partial charge in [-0.25, -0.2) is 4.98 Å². The summed E-state index contributed by atoms with van der Waals surface area (Å²) < 4.78 is 0. The van der Waals surface area contributed by atoms with E-state index in [4.69, 9.17) is 4.98 Å². The largest absolute Gasteiger partial charge is 0.345 e. The molecule has 0 bridgehead atoms. The number of hydrogen-bond donors (Lipinski definition) is 1. The van der Waals surface area contributed by atoms with Crippen LogP contribution in [0.3, 0.4) is 0 Å². The molecule has 2 rings (SSSR count). The van der Waals surface area contributed by atoms with E-state index in [0.29, 0.717) is 12.1 Å². The maximum Gasteiger partial charge on any atom is 0.185 e. The highest BCUT2D eigenvalue weighted by molar-refractivity contribution is 7.13. The fraction of sp³-hybridized carbons (Fsp3) is 0.769. The molecular formula is C13H23N3S. The molecule has 4 heteroatoms. The van der Waals surface area contributed by atoms with Gasteiger partial charge in [0.1, 0.15) is 0 Å². The highest BCUT2D eigenvalue weighted by atomic mass is 32.1. The Balaban J connectivity index is 2.07. The van der Waals surface area contributed by atoms with Gasteiger partial charge in [0, 0.05) is 24.0 Å². The third kappa shape index (κ3) is 2.80. The van der Waals surface area contributed by atoms with Crippen molar-refractivity contribution in [2.24, 2.45) is 5.92 Å². The molecule has 3 unspecified atom stereocenters. The lowest BCUT2D eigenvalue weighted by Gasteiger charge is -2.20. The van der Waals surface area contributed by atoms with Crippen molar-refractivity contribution in [2.45, 2.75) is 46.2 Å². The summed E-state index contributed by atoms with van der Waals surface area (Å²) in [4.78, 5) is 7.23. The number of hydrogen-bond acceptors (Lipinski definition) is 4. The minimum atomic E-state index is 0.361. The SMILES string of the molecule is CCNC(C)c1csc(N2CC(C)CC2C)n1. The van der Waals surface area contributed by atoms with Crippen LogP contribution in [0.25, 0.3) is 0 Å². The number of anilines is 1. The van der Waals surface area contributed by atoms with E-state index in [-0.39, 0.29) is 0 Å². The molecule has 1 fully saturated rings. The van der Waals surface area contributed by atoms with Crippen LogP contribution in [0.2, 0.25) is 0 Å². The molecule has 0 amide bonds. The van der Waals surface area contributed by atoms with Gasteiger partial charge in [-0.3, -0.25) is 0 Å². The molecule has 0 spiro atoms. The van der Waals surface area contributed by atoms with Crippen LogP contribution in [-0.2, 0) is 0 Å². The Bertz CT molecular complexity index is 363. The average molecular weight is 253 g/mol. The molecule has 3 atom stereocenters. The molecule has 0 saturated carbocycles. The van der Waals surface area contributed by atoms with Gasteiger partial charge in [0.25, 0.3) is 0 Å². The zero-order valence-electron chi connectivity index (χ0n) is 11.2. The van der Waals surface area contributed by atoms with Gasteiger partial charge < -0.3 is 10.2 Å². The second kappa shape index (κ2) is 5.36. The molecule has 1 N–H and O–H groups in total. The van der Waals surface area contributed by atoms with Gasteiger partial charge in [-0.15, -0.1) is 11.3 Å². The molecular weight excluding hydrogens is 230 g/mol. The summed E-state index contributed by atoms with van der Waals surface area (Å²) >= 11 is 1.78. The van der Waals surface area contributed by atoms with E-state index in [2.05, 4.69) is 43.3 Å². The Morgan fingerprint density at radius 1 is 1.59 bits per heavy atom. The zero-order valence-corrected chi connectivity index (χ0v) is 12.0. The van der Waals surface area contributed by atoms with Crippen LogP contribution < -0.4 is 10.2 Å². The highest BCUT2D eigenvalue weighted by Crippen LogP contribution is 2.32. The maximum absolute atomic E-state index is 4.78. The fourth-order valence-electron chi connectivity index (χ4n) is 2.58. The molecule has 1 saturated heterocycles. The lowest BCUT2D eigenvalue weighted by molar-refractivity contribution is 0.585. The van der Waals surface area contributed by atoms with Crippen LogP contribution in [0.15, 0.2) is 5.38 Å². The quantitative estimate of drug-likeness (QED) is 0.894. The Labute approximate surface area is 108 Å². The summed E-state index contributed by atoms with van der Waals surface area (Å²) in [7, 11) is 0. The third-order valence-electron chi connectivity index (χ3n) is 3.49. The molecule has 17 heavy (non-hydrogen) atoms. The van der Waals surface area contributed by atoms with Gasteiger partial charge >= 0.3 is 0 Å². The number of thiazole rings is 1. The van der Waals surface area contributed by atoms with Crippen molar-refractivity contribution in [2.75, 3.05) is 18.0 Å². The third-order valence-corrected chi connectivity index (χ3v) is 4.39. The monoisotopic (exact) mass is 253 g/mol. The van der Waals surface area contributed by atoms with E-state index in [1.54, 1.807) is 11.3 Å². The molecule has 0 radical (unpaired) electrons. The van der Waals surface area contributed by atoms with Gasteiger partial charge in [0.05, 0.1) is 5.69 Å². The van der Waals surface area contributed by atoms with E-state index in [9.17, 15) is 0 Å². The van der Waals surface area contributed by atoms with Crippen LogP contribution in [0.5, 0.6) is 0 Å². The van der Waals surface area contributed by atoms with E-state index < -0.39 is 0 Å². The predicted octanol–water partition coefficient (Wildman–Crippen LogP) is 3.05. The lowest BCUT2D eigenvalue weighted by Crippen LogP contribution is -2.26. The van der Waals surface area contributed by atoms with Crippen molar-refractivity contribution in [1.82, 2.24) is 10.3 Å². The van der Waals surface area contributed by atoms with E-state index in [0.717, 1.165) is 19.0 Å². The second-order valence-corrected chi connectivity index (χ2v) is 6.01. The molecule has 1 aliphatic rings. The van der Waals surface area contributed by atoms with Crippen molar-refractivity contribution in [3.05, 3.63) is 11.1 Å². The van der Waals surface area contributed by atoms with Crippen molar-refractivity contribution in [1.29, 1.82) is 0 Å². The smallest absolute Gasteiger partial charge is 0.185 e.